The minimum Gasteiger partial charge on any atom is -0.485 e. The fourth-order valence-electron chi connectivity index (χ4n) is 2.53. The van der Waals surface area contributed by atoms with Gasteiger partial charge in [0.05, 0.1) is 4.91 Å². The Morgan fingerprint density at radius 3 is 2.76 bits per heavy atom. The van der Waals surface area contributed by atoms with Crippen LogP contribution in [0.5, 0.6) is 0 Å². The van der Waals surface area contributed by atoms with Gasteiger partial charge in [0.2, 0.25) is 0 Å². The van der Waals surface area contributed by atoms with E-state index in [1.807, 2.05) is 13.0 Å². The molecule has 2 atom stereocenters. The third-order valence-corrected chi connectivity index (χ3v) is 5.20. The summed E-state index contributed by atoms with van der Waals surface area (Å²) >= 11 is 6.13. The molecule has 0 aromatic heterocycles. The van der Waals surface area contributed by atoms with E-state index < -0.39 is 18.4 Å². The molecule has 1 N–H and O–H groups in total. The summed E-state index contributed by atoms with van der Waals surface area (Å²) in [6.45, 7) is 1.48. The SMILES string of the molecule is CC1C=C(c2ccc(F)cc2)OC1/C=C1/SC(=S)N(CC(=O)O)C1=O. The van der Waals surface area contributed by atoms with Crippen LogP contribution in [0.2, 0.25) is 0 Å². The average Bonchev–Trinajstić information content (AvgIpc) is 3.03. The number of carbonyl (C=O) groups excluding carboxylic acids is 1. The zero-order valence-corrected chi connectivity index (χ0v) is 14.8. The highest BCUT2D eigenvalue weighted by atomic mass is 32.2. The lowest BCUT2D eigenvalue weighted by Crippen LogP contribution is -2.33. The summed E-state index contributed by atoms with van der Waals surface area (Å²) in [5, 5.41) is 8.86. The van der Waals surface area contributed by atoms with Crippen molar-refractivity contribution in [3.8, 4) is 0 Å². The molecule has 8 heteroatoms. The lowest BCUT2D eigenvalue weighted by molar-refractivity contribution is -0.140. The molecule has 3 rings (SSSR count). The third kappa shape index (κ3) is 3.74. The predicted molar refractivity (Wildman–Crippen MR) is 96.0 cm³/mol. The maximum absolute atomic E-state index is 13.0. The number of hydrogen-bond acceptors (Lipinski definition) is 5. The summed E-state index contributed by atoms with van der Waals surface area (Å²) < 4.78 is 19.1. The number of hydrogen-bond donors (Lipinski definition) is 1. The molecule has 1 aromatic rings. The van der Waals surface area contributed by atoms with Crippen LogP contribution in [-0.4, -0.2) is 38.9 Å². The van der Waals surface area contributed by atoms with Crippen molar-refractivity contribution in [1.29, 1.82) is 0 Å². The Balaban J connectivity index is 1.75. The number of aliphatic carboxylic acids is 1. The molecule has 1 fully saturated rings. The first-order valence-electron chi connectivity index (χ1n) is 7.47. The summed E-state index contributed by atoms with van der Waals surface area (Å²) in [6.07, 6.45) is 3.20. The van der Waals surface area contributed by atoms with Crippen LogP contribution in [0.1, 0.15) is 12.5 Å². The Hall–Kier alpha value is -2.19. The Morgan fingerprint density at radius 2 is 2.12 bits per heavy atom. The third-order valence-electron chi connectivity index (χ3n) is 3.81. The van der Waals surface area contributed by atoms with Crippen LogP contribution in [0.15, 0.2) is 41.3 Å². The molecule has 2 unspecified atom stereocenters. The number of benzene rings is 1. The first-order valence-corrected chi connectivity index (χ1v) is 8.69. The van der Waals surface area contributed by atoms with E-state index in [2.05, 4.69) is 0 Å². The first-order chi connectivity index (χ1) is 11.8. The lowest BCUT2D eigenvalue weighted by Gasteiger charge is -2.14. The van der Waals surface area contributed by atoms with Gasteiger partial charge in [0.15, 0.2) is 0 Å². The van der Waals surface area contributed by atoms with Crippen molar-refractivity contribution in [2.75, 3.05) is 6.54 Å². The summed E-state index contributed by atoms with van der Waals surface area (Å²) in [6, 6.07) is 5.97. The molecular weight excluding hydrogens is 365 g/mol. The second kappa shape index (κ2) is 6.97. The van der Waals surface area contributed by atoms with E-state index in [0.717, 1.165) is 22.2 Å². The second-order valence-corrected chi connectivity index (χ2v) is 7.34. The van der Waals surface area contributed by atoms with Gasteiger partial charge in [-0.3, -0.25) is 14.5 Å². The number of carboxylic acids is 1. The number of thiocarbonyl (C=S) groups is 1. The molecule has 1 aromatic carbocycles. The van der Waals surface area contributed by atoms with Crippen molar-refractivity contribution >= 4 is 45.9 Å². The van der Waals surface area contributed by atoms with Crippen molar-refractivity contribution in [2.45, 2.75) is 13.0 Å². The van der Waals surface area contributed by atoms with E-state index in [-0.39, 0.29) is 22.2 Å². The number of nitrogens with zero attached hydrogens (tertiary/aromatic N) is 1. The number of carbonyl (C=O) groups is 2. The number of rotatable bonds is 4. The molecule has 25 heavy (non-hydrogen) atoms. The van der Waals surface area contributed by atoms with Gasteiger partial charge >= 0.3 is 5.97 Å². The minimum atomic E-state index is -1.12. The molecule has 2 aliphatic rings. The van der Waals surface area contributed by atoms with E-state index in [9.17, 15) is 14.0 Å². The van der Waals surface area contributed by atoms with Crippen molar-refractivity contribution in [1.82, 2.24) is 4.90 Å². The maximum Gasteiger partial charge on any atom is 0.323 e. The van der Waals surface area contributed by atoms with Gasteiger partial charge in [-0.25, -0.2) is 4.39 Å². The number of thioether (sulfide) groups is 1. The molecule has 0 spiro atoms. The topological polar surface area (TPSA) is 66.8 Å². The van der Waals surface area contributed by atoms with Gasteiger partial charge in [0.25, 0.3) is 5.91 Å². The summed E-state index contributed by atoms with van der Waals surface area (Å²) in [7, 11) is 0. The predicted octanol–water partition coefficient (Wildman–Crippen LogP) is 3.03. The number of carboxylic acid groups (broad SMARTS) is 1. The van der Waals surface area contributed by atoms with Crippen molar-refractivity contribution in [3.63, 3.8) is 0 Å². The molecule has 0 bridgehead atoms. The zero-order valence-electron chi connectivity index (χ0n) is 13.1. The Bertz CT molecular complexity index is 803. The second-order valence-electron chi connectivity index (χ2n) is 5.66. The normalized spacial score (nSPS) is 24.6. The number of amides is 1. The molecule has 0 radical (unpaired) electrons. The Kier molecular flexibility index (Phi) is 4.91. The fraction of sp³-hybridized carbons (Fsp3) is 0.235. The van der Waals surface area contributed by atoms with Crippen LogP contribution >= 0.6 is 24.0 Å². The lowest BCUT2D eigenvalue weighted by atomic mass is 10.0. The van der Waals surface area contributed by atoms with Crippen molar-refractivity contribution < 1.29 is 23.8 Å². The highest BCUT2D eigenvalue weighted by Gasteiger charge is 2.35. The van der Waals surface area contributed by atoms with Crippen LogP contribution in [0.4, 0.5) is 4.39 Å². The van der Waals surface area contributed by atoms with Gasteiger partial charge in [-0.1, -0.05) is 30.9 Å². The molecule has 1 saturated heterocycles. The van der Waals surface area contributed by atoms with E-state index in [1.165, 1.54) is 12.1 Å². The first kappa shape index (κ1) is 17.6. The van der Waals surface area contributed by atoms with E-state index >= 15 is 0 Å². The van der Waals surface area contributed by atoms with Crippen LogP contribution in [0, 0.1) is 11.7 Å². The van der Waals surface area contributed by atoms with Gasteiger partial charge in [0.1, 0.15) is 28.5 Å². The number of halogens is 1. The molecule has 5 nitrogen and oxygen atoms in total. The number of ether oxygens (including phenoxy) is 1. The van der Waals surface area contributed by atoms with E-state index in [1.54, 1.807) is 18.2 Å². The molecule has 130 valence electrons. The Morgan fingerprint density at radius 1 is 1.44 bits per heavy atom. The van der Waals surface area contributed by atoms with Gasteiger partial charge in [-0.2, -0.15) is 0 Å². The minimum absolute atomic E-state index is 0.00282. The van der Waals surface area contributed by atoms with Crippen LogP contribution in [0.25, 0.3) is 5.76 Å². The zero-order chi connectivity index (χ0) is 18.1. The van der Waals surface area contributed by atoms with Crippen molar-refractivity contribution in [3.05, 3.63) is 52.7 Å². The fourth-order valence-corrected chi connectivity index (χ4v) is 3.79. The van der Waals surface area contributed by atoms with Crippen LogP contribution in [-0.2, 0) is 14.3 Å². The summed E-state index contributed by atoms with van der Waals surface area (Å²) in [5.74, 6) is -1.25. The summed E-state index contributed by atoms with van der Waals surface area (Å²) in [5.41, 5.74) is 0.752. The molecule has 2 aliphatic heterocycles. The quantitative estimate of drug-likeness (QED) is 0.641. The van der Waals surface area contributed by atoms with E-state index in [4.69, 9.17) is 22.1 Å². The van der Waals surface area contributed by atoms with Gasteiger partial charge in [-0.15, -0.1) is 0 Å². The molecule has 0 saturated carbocycles. The smallest absolute Gasteiger partial charge is 0.323 e. The standard InChI is InChI=1S/C17H14FNO4S2/c1-9-6-13(10-2-4-11(18)5-3-10)23-12(9)7-14-16(22)19(8-15(20)21)17(24)25-14/h2-7,9,12H,8H2,1H3,(H,20,21)/b14-7+. The molecular formula is C17H14FNO4S2. The van der Waals surface area contributed by atoms with Crippen LogP contribution in [0.3, 0.4) is 0 Å². The molecule has 2 heterocycles. The summed E-state index contributed by atoms with van der Waals surface area (Å²) in [4.78, 5) is 24.6. The van der Waals surface area contributed by atoms with Gasteiger partial charge in [0, 0.05) is 11.5 Å². The highest BCUT2D eigenvalue weighted by Crippen LogP contribution is 2.36. The average molecular weight is 379 g/mol. The molecule has 0 aliphatic carbocycles. The van der Waals surface area contributed by atoms with Crippen molar-refractivity contribution in [2.24, 2.45) is 5.92 Å². The maximum atomic E-state index is 13.0. The van der Waals surface area contributed by atoms with E-state index in [0.29, 0.717) is 10.7 Å². The monoisotopic (exact) mass is 379 g/mol. The largest absolute Gasteiger partial charge is 0.485 e. The highest BCUT2D eigenvalue weighted by molar-refractivity contribution is 8.26. The van der Waals surface area contributed by atoms with Gasteiger partial charge in [-0.05, 0) is 36.4 Å². The molecule has 1 amide bonds. The Labute approximate surface area is 153 Å². The van der Waals surface area contributed by atoms with Crippen LogP contribution < -0.4 is 0 Å². The van der Waals surface area contributed by atoms with Gasteiger partial charge < -0.3 is 9.84 Å².